The van der Waals surface area contributed by atoms with Crippen LogP contribution < -0.4 is 0 Å². The maximum absolute atomic E-state index is 11.4. The Kier molecular flexibility index (Phi) is 9.24. The molecule has 0 bridgehead atoms. The van der Waals surface area contributed by atoms with Crippen LogP contribution in [0.4, 0.5) is 0 Å². The predicted molar refractivity (Wildman–Crippen MR) is 64.4 cm³/mol. The summed E-state index contributed by atoms with van der Waals surface area (Å²) < 4.78 is 10.7. The molecule has 1 amide bonds. The second-order valence-corrected chi connectivity index (χ2v) is 4.24. The van der Waals surface area contributed by atoms with Crippen LogP contribution in [0.5, 0.6) is 0 Å². The minimum atomic E-state index is 0.130. The highest BCUT2D eigenvalue weighted by atomic mass is 16.5. The number of amides is 1. The predicted octanol–water partition coefficient (Wildman–Crippen LogP) is 1.54. The molecule has 0 atom stereocenters. The number of rotatable bonds is 9. The summed E-state index contributed by atoms with van der Waals surface area (Å²) in [6.07, 6.45) is 0.453. The third kappa shape index (κ3) is 8.68. The van der Waals surface area contributed by atoms with E-state index in [1.165, 1.54) is 0 Å². The van der Waals surface area contributed by atoms with Gasteiger partial charge in [-0.05, 0) is 12.8 Å². The number of ether oxygens (including phenoxy) is 2. The van der Waals surface area contributed by atoms with Crippen LogP contribution in [0.25, 0.3) is 0 Å². The maximum atomic E-state index is 11.4. The number of hydrogen-bond donors (Lipinski definition) is 0. The van der Waals surface area contributed by atoms with Crippen LogP contribution in [0.15, 0.2) is 0 Å². The van der Waals surface area contributed by atoms with Crippen LogP contribution in [0.3, 0.4) is 0 Å². The van der Waals surface area contributed by atoms with Gasteiger partial charge < -0.3 is 14.4 Å². The van der Waals surface area contributed by atoms with Gasteiger partial charge >= 0.3 is 0 Å². The van der Waals surface area contributed by atoms with Gasteiger partial charge in [0.1, 0.15) is 0 Å². The zero-order valence-electron chi connectivity index (χ0n) is 11.0. The van der Waals surface area contributed by atoms with Gasteiger partial charge in [-0.3, -0.25) is 4.79 Å². The first kappa shape index (κ1) is 15.4. The first-order chi connectivity index (χ1) is 7.57. The van der Waals surface area contributed by atoms with Crippen molar-refractivity contribution in [3.8, 4) is 0 Å². The SMILES string of the molecule is CCN(C)C(=O)CCOCCOCC(C)C. The molecule has 0 aliphatic heterocycles. The minimum absolute atomic E-state index is 0.130. The quantitative estimate of drug-likeness (QED) is 0.565. The fourth-order valence-electron chi connectivity index (χ4n) is 1.07. The summed E-state index contributed by atoms with van der Waals surface area (Å²) in [5, 5.41) is 0. The standard InChI is InChI=1S/C12H25NO3/c1-5-13(4)12(14)6-7-15-8-9-16-10-11(2)3/h11H,5-10H2,1-4H3. The van der Waals surface area contributed by atoms with Gasteiger partial charge in [0.2, 0.25) is 5.91 Å². The highest BCUT2D eigenvalue weighted by Crippen LogP contribution is 1.93. The molecule has 4 heteroatoms. The van der Waals surface area contributed by atoms with Crippen LogP contribution >= 0.6 is 0 Å². The van der Waals surface area contributed by atoms with Crippen LogP contribution in [-0.4, -0.2) is 50.8 Å². The third-order valence-corrected chi connectivity index (χ3v) is 2.18. The molecule has 96 valence electrons. The largest absolute Gasteiger partial charge is 0.379 e. The Balaban J connectivity index is 3.24. The van der Waals surface area contributed by atoms with Crippen molar-refractivity contribution < 1.29 is 14.3 Å². The van der Waals surface area contributed by atoms with E-state index in [9.17, 15) is 4.79 Å². The smallest absolute Gasteiger partial charge is 0.224 e. The van der Waals surface area contributed by atoms with Crippen molar-refractivity contribution in [2.45, 2.75) is 27.2 Å². The third-order valence-electron chi connectivity index (χ3n) is 2.18. The Hall–Kier alpha value is -0.610. The molecular formula is C12H25NO3. The number of carbonyl (C=O) groups excluding carboxylic acids is 1. The summed E-state index contributed by atoms with van der Waals surface area (Å²) in [5.41, 5.74) is 0. The fourth-order valence-corrected chi connectivity index (χ4v) is 1.07. The molecule has 0 aliphatic carbocycles. The van der Waals surface area contributed by atoms with Crippen LogP contribution in [0.2, 0.25) is 0 Å². The van der Waals surface area contributed by atoms with Crippen LogP contribution in [0, 0.1) is 5.92 Å². The number of nitrogens with zero attached hydrogens (tertiary/aromatic N) is 1. The summed E-state index contributed by atoms with van der Waals surface area (Å²) >= 11 is 0. The lowest BCUT2D eigenvalue weighted by Crippen LogP contribution is -2.27. The molecule has 4 nitrogen and oxygen atoms in total. The summed E-state index contributed by atoms with van der Waals surface area (Å²) in [4.78, 5) is 13.1. The van der Waals surface area contributed by atoms with Crippen molar-refractivity contribution in [3.05, 3.63) is 0 Å². The van der Waals surface area contributed by atoms with Gasteiger partial charge in [-0.25, -0.2) is 0 Å². The molecule has 0 rings (SSSR count). The molecule has 0 aliphatic rings. The topological polar surface area (TPSA) is 38.8 Å². The first-order valence-electron chi connectivity index (χ1n) is 5.97. The van der Waals surface area contributed by atoms with E-state index in [2.05, 4.69) is 13.8 Å². The molecule has 0 unspecified atom stereocenters. The molecule has 0 fully saturated rings. The number of carbonyl (C=O) groups is 1. The van der Waals surface area contributed by atoms with E-state index < -0.39 is 0 Å². The van der Waals surface area contributed by atoms with Gasteiger partial charge in [-0.1, -0.05) is 13.8 Å². The van der Waals surface area contributed by atoms with Crippen molar-refractivity contribution in [2.75, 3.05) is 40.0 Å². The second-order valence-electron chi connectivity index (χ2n) is 4.24. The van der Waals surface area contributed by atoms with E-state index >= 15 is 0 Å². The molecular weight excluding hydrogens is 206 g/mol. The maximum Gasteiger partial charge on any atom is 0.224 e. The molecule has 0 aromatic rings. The fraction of sp³-hybridized carbons (Fsp3) is 0.917. The van der Waals surface area contributed by atoms with E-state index in [-0.39, 0.29) is 5.91 Å². The Morgan fingerprint density at radius 3 is 2.38 bits per heavy atom. The Bertz CT molecular complexity index is 183. The molecule has 0 spiro atoms. The van der Waals surface area contributed by atoms with Crippen molar-refractivity contribution >= 4 is 5.91 Å². The lowest BCUT2D eigenvalue weighted by atomic mass is 10.2. The van der Waals surface area contributed by atoms with Gasteiger partial charge in [-0.2, -0.15) is 0 Å². The first-order valence-corrected chi connectivity index (χ1v) is 5.97. The molecule has 0 aromatic heterocycles. The van der Waals surface area contributed by atoms with Gasteiger partial charge in [-0.15, -0.1) is 0 Å². The lowest BCUT2D eigenvalue weighted by molar-refractivity contribution is -0.130. The van der Waals surface area contributed by atoms with E-state index in [1.54, 1.807) is 11.9 Å². The van der Waals surface area contributed by atoms with Crippen molar-refractivity contribution in [2.24, 2.45) is 5.92 Å². The van der Waals surface area contributed by atoms with Crippen LogP contribution in [0.1, 0.15) is 27.2 Å². The monoisotopic (exact) mass is 231 g/mol. The number of hydrogen-bond acceptors (Lipinski definition) is 3. The molecule has 0 radical (unpaired) electrons. The molecule has 16 heavy (non-hydrogen) atoms. The van der Waals surface area contributed by atoms with Gasteiger partial charge in [0.15, 0.2) is 0 Å². The Labute approximate surface area is 98.9 Å². The summed E-state index contributed by atoms with van der Waals surface area (Å²) in [6.45, 7) is 9.34. The summed E-state index contributed by atoms with van der Waals surface area (Å²) in [7, 11) is 1.80. The normalized spacial score (nSPS) is 10.8. The molecule has 0 saturated heterocycles. The summed E-state index contributed by atoms with van der Waals surface area (Å²) in [5.74, 6) is 0.686. The van der Waals surface area contributed by atoms with Gasteiger partial charge in [0, 0.05) is 20.2 Å². The molecule has 0 aromatic carbocycles. The molecule has 0 N–H and O–H groups in total. The van der Waals surface area contributed by atoms with Gasteiger partial charge in [0.25, 0.3) is 0 Å². The Morgan fingerprint density at radius 1 is 1.19 bits per heavy atom. The molecule has 0 heterocycles. The van der Waals surface area contributed by atoms with E-state index in [1.807, 2.05) is 6.92 Å². The second kappa shape index (κ2) is 9.60. The highest BCUT2D eigenvalue weighted by molar-refractivity contribution is 5.75. The van der Waals surface area contributed by atoms with E-state index in [4.69, 9.17) is 9.47 Å². The van der Waals surface area contributed by atoms with E-state index in [0.717, 1.165) is 13.2 Å². The van der Waals surface area contributed by atoms with Crippen molar-refractivity contribution in [3.63, 3.8) is 0 Å². The molecule has 0 saturated carbocycles. The highest BCUT2D eigenvalue weighted by Gasteiger charge is 2.05. The van der Waals surface area contributed by atoms with E-state index in [0.29, 0.717) is 32.2 Å². The zero-order chi connectivity index (χ0) is 12.4. The van der Waals surface area contributed by atoms with Crippen molar-refractivity contribution in [1.29, 1.82) is 0 Å². The van der Waals surface area contributed by atoms with Crippen LogP contribution in [-0.2, 0) is 14.3 Å². The van der Waals surface area contributed by atoms with Crippen molar-refractivity contribution in [1.82, 2.24) is 4.90 Å². The Morgan fingerprint density at radius 2 is 1.81 bits per heavy atom. The zero-order valence-corrected chi connectivity index (χ0v) is 11.0. The summed E-state index contributed by atoms with van der Waals surface area (Å²) in [6, 6.07) is 0. The van der Waals surface area contributed by atoms with Gasteiger partial charge in [0.05, 0.1) is 26.2 Å². The average molecular weight is 231 g/mol. The minimum Gasteiger partial charge on any atom is -0.379 e. The average Bonchev–Trinajstić information content (AvgIpc) is 2.25. The lowest BCUT2D eigenvalue weighted by Gasteiger charge is -2.14.